The first-order valence-corrected chi connectivity index (χ1v) is 4.02. The van der Waals surface area contributed by atoms with Gasteiger partial charge >= 0.3 is 0 Å². The van der Waals surface area contributed by atoms with Crippen molar-refractivity contribution in [1.29, 1.82) is 0 Å². The molecule has 0 radical (unpaired) electrons. The Morgan fingerprint density at radius 3 is 2.55 bits per heavy atom. The third kappa shape index (κ3) is 4.48. The number of hydrogen-bond acceptors (Lipinski definition) is 2. The number of allylic oxidation sites excluding steroid dienone is 1. The highest BCUT2D eigenvalue weighted by molar-refractivity contribution is 5.97. The van der Waals surface area contributed by atoms with E-state index in [9.17, 15) is 0 Å². The van der Waals surface area contributed by atoms with Crippen LogP contribution in [0.15, 0.2) is 22.3 Å². The van der Waals surface area contributed by atoms with Gasteiger partial charge in [-0.05, 0) is 13.8 Å². The van der Waals surface area contributed by atoms with Gasteiger partial charge in [0.1, 0.15) is 5.84 Å². The minimum Gasteiger partial charge on any atom is -0.243 e. The Balaban J connectivity index is 0.000000461. The topological polar surface area (TPSA) is 24.7 Å². The molecule has 0 aromatic carbocycles. The first-order valence-electron chi connectivity index (χ1n) is 4.02. The molecule has 0 aliphatic carbocycles. The summed E-state index contributed by atoms with van der Waals surface area (Å²) < 4.78 is 0. The van der Waals surface area contributed by atoms with Crippen LogP contribution in [-0.2, 0) is 0 Å². The van der Waals surface area contributed by atoms with Crippen molar-refractivity contribution >= 4 is 11.5 Å². The Bertz CT molecular complexity index is 188. The summed E-state index contributed by atoms with van der Waals surface area (Å²) in [6.45, 7) is 7.91. The van der Waals surface area contributed by atoms with E-state index < -0.39 is 0 Å². The average Bonchev–Trinajstić information content (AvgIpc) is 2.18. The molecule has 0 aromatic rings. The lowest BCUT2D eigenvalue weighted by Gasteiger charge is -1.89. The van der Waals surface area contributed by atoms with E-state index in [0.29, 0.717) is 0 Å². The molecule has 1 heterocycles. The van der Waals surface area contributed by atoms with Crippen LogP contribution in [-0.4, -0.2) is 11.5 Å². The molecule has 0 atom stereocenters. The smallest absolute Gasteiger partial charge is 0.125 e. The fourth-order valence-electron chi connectivity index (χ4n) is 0.735. The lowest BCUT2D eigenvalue weighted by molar-refractivity contribution is 1.42. The first-order chi connectivity index (χ1) is 5.29. The van der Waals surface area contributed by atoms with E-state index in [2.05, 4.69) is 9.98 Å². The van der Waals surface area contributed by atoms with Crippen LogP contribution < -0.4 is 0 Å². The molecule has 0 aromatic heterocycles. The summed E-state index contributed by atoms with van der Waals surface area (Å²) in [6.07, 6.45) is 4.74. The Labute approximate surface area is 68.8 Å². The van der Waals surface area contributed by atoms with Crippen LogP contribution in [0.25, 0.3) is 0 Å². The van der Waals surface area contributed by atoms with Gasteiger partial charge < -0.3 is 0 Å². The van der Waals surface area contributed by atoms with Crippen LogP contribution in [0, 0.1) is 0 Å². The fourth-order valence-corrected chi connectivity index (χ4v) is 0.735. The molecular weight excluding hydrogens is 136 g/mol. The molecule has 0 bridgehead atoms. The molecule has 1 aliphatic rings. The Kier molecular flexibility index (Phi) is 5.35. The molecule has 62 valence electrons. The molecule has 0 fully saturated rings. The van der Waals surface area contributed by atoms with Gasteiger partial charge in [0.25, 0.3) is 0 Å². The average molecular weight is 152 g/mol. The zero-order valence-corrected chi connectivity index (χ0v) is 7.76. The van der Waals surface area contributed by atoms with E-state index in [1.807, 2.05) is 33.8 Å². The van der Waals surface area contributed by atoms with Crippen molar-refractivity contribution in [3.8, 4) is 0 Å². The molecule has 0 saturated heterocycles. The highest BCUT2D eigenvalue weighted by atomic mass is 14.9. The maximum Gasteiger partial charge on any atom is 0.125 e. The largest absolute Gasteiger partial charge is 0.243 e. The number of amidine groups is 1. The lowest BCUT2D eigenvalue weighted by Crippen LogP contribution is -1.91. The lowest BCUT2D eigenvalue weighted by atomic mass is 10.3. The number of rotatable bonds is 0. The van der Waals surface area contributed by atoms with E-state index in [1.165, 1.54) is 0 Å². The van der Waals surface area contributed by atoms with Crippen LogP contribution in [0.3, 0.4) is 0 Å². The number of aliphatic imine (C=N–C) groups is 2. The van der Waals surface area contributed by atoms with E-state index in [1.54, 1.807) is 6.20 Å². The van der Waals surface area contributed by atoms with Gasteiger partial charge in [-0.25, -0.2) is 9.98 Å². The second-order valence-corrected chi connectivity index (χ2v) is 2.11. The van der Waals surface area contributed by atoms with Crippen molar-refractivity contribution in [3.05, 3.63) is 12.3 Å². The second-order valence-electron chi connectivity index (χ2n) is 2.11. The molecule has 1 rings (SSSR count). The van der Waals surface area contributed by atoms with Gasteiger partial charge in [-0.2, -0.15) is 0 Å². The van der Waals surface area contributed by atoms with E-state index >= 15 is 0 Å². The summed E-state index contributed by atoms with van der Waals surface area (Å²) in [5.74, 6) is 0.848. The summed E-state index contributed by atoms with van der Waals surface area (Å²) in [7, 11) is 0. The highest BCUT2D eigenvalue weighted by Gasteiger charge is 1.91. The van der Waals surface area contributed by atoms with Gasteiger partial charge in [-0.3, -0.25) is 0 Å². The summed E-state index contributed by atoms with van der Waals surface area (Å²) >= 11 is 0. The summed E-state index contributed by atoms with van der Waals surface area (Å²) in [5.41, 5.74) is 1.13. The molecule has 0 spiro atoms. The van der Waals surface area contributed by atoms with Crippen molar-refractivity contribution in [1.82, 2.24) is 0 Å². The third-order valence-electron chi connectivity index (χ3n) is 1.13. The van der Waals surface area contributed by atoms with Crippen LogP contribution in [0.4, 0.5) is 0 Å². The maximum absolute atomic E-state index is 4.18. The van der Waals surface area contributed by atoms with Gasteiger partial charge in [0.05, 0.1) is 0 Å². The number of nitrogens with zero attached hydrogens (tertiary/aromatic N) is 2. The van der Waals surface area contributed by atoms with Crippen molar-refractivity contribution < 1.29 is 0 Å². The van der Waals surface area contributed by atoms with E-state index in [-0.39, 0.29) is 0 Å². The molecule has 2 nitrogen and oxygen atoms in total. The van der Waals surface area contributed by atoms with Crippen LogP contribution in [0.1, 0.15) is 34.1 Å². The summed E-state index contributed by atoms with van der Waals surface area (Å²) in [5, 5.41) is 0. The molecular formula is C9H16N2. The van der Waals surface area contributed by atoms with Crippen LogP contribution in [0.5, 0.6) is 0 Å². The monoisotopic (exact) mass is 152 g/mol. The molecule has 0 N–H and O–H groups in total. The normalized spacial score (nSPS) is 15.6. The van der Waals surface area contributed by atoms with Crippen molar-refractivity contribution in [3.63, 3.8) is 0 Å². The third-order valence-corrected chi connectivity index (χ3v) is 1.13. The second kappa shape index (κ2) is 5.83. The Hall–Kier alpha value is -0.920. The molecule has 0 amide bonds. The predicted molar refractivity (Wildman–Crippen MR) is 51.3 cm³/mol. The zero-order valence-electron chi connectivity index (χ0n) is 7.76. The van der Waals surface area contributed by atoms with Crippen LogP contribution in [0.2, 0.25) is 0 Å². The predicted octanol–water partition coefficient (Wildman–Crippen LogP) is 2.81. The van der Waals surface area contributed by atoms with Gasteiger partial charge in [-0.15, -0.1) is 0 Å². The SMILES string of the molecule is CC.CC1=NC(C)=NC=CC1. The summed E-state index contributed by atoms with van der Waals surface area (Å²) in [4.78, 5) is 8.20. The molecule has 2 heteroatoms. The van der Waals surface area contributed by atoms with Crippen LogP contribution >= 0.6 is 0 Å². The van der Waals surface area contributed by atoms with E-state index in [0.717, 1.165) is 18.0 Å². The minimum absolute atomic E-state index is 0.848. The van der Waals surface area contributed by atoms with Crippen molar-refractivity contribution in [2.75, 3.05) is 0 Å². The maximum atomic E-state index is 4.18. The Morgan fingerprint density at radius 2 is 1.91 bits per heavy atom. The zero-order chi connectivity index (χ0) is 8.69. The minimum atomic E-state index is 0.848. The number of hydrogen-bond donors (Lipinski definition) is 0. The first kappa shape index (κ1) is 10.1. The van der Waals surface area contributed by atoms with Gasteiger partial charge in [0, 0.05) is 18.3 Å². The molecule has 11 heavy (non-hydrogen) atoms. The van der Waals surface area contributed by atoms with Crippen molar-refractivity contribution in [2.45, 2.75) is 34.1 Å². The van der Waals surface area contributed by atoms with Crippen molar-refractivity contribution in [2.24, 2.45) is 9.98 Å². The van der Waals surface area contributed by atoms with E-state index in [4.69, 9.17) is 0 Å². The highest BCUT2D eigenvalue weighted by Crippen LogP contribution is 1.96. The molecule has 0 unspecified atom stereocenters. The quantitative estimate of drug-likeness (QED) is 0.510. The van der Waals surface area contributed by atoms with Gasteiger partial charge in [0.2, 0.25) is 0 Å². The standard InChI is InChI=1S/C7H10N2.C2H6/c1-6-4-3-5-8-7(2)9-6;1-2/h3,5H,4H2,1-2H3;1-2H3. The van der Waals surface area contributed by atoms with Gasteiger partial charge in [0.15, 0.2) is 0 Å². The molecule has 0 saturated carbocycles. The van der Waals surface area contributed by atoms with Gasteiger partial charge in [-0.1, -0.05) is 19.9 Å². The summed E-state index contributed by atoms with van der Waals surface area (Å²) in [6, 6.07) is 0. The Morgan fingerprint density at radius 1 is 1.27 bits per heavy atom. The molecule has 1 aliphatic heterocycles. The fraction of sp³-hybridized carbons (Fsp3) is 0.556.